The number of hydrogen-bond donors (Lipinski definition) is 1. The quantitative estimate of drug-likeness (QED) is 0.715. The maximum Gasteiger partial charge on any atom is 0.260 e. The van der Waals surface area contributed by atoms with E-state index in [0.717, 1.165) is 5.56 Å². The summed E-state index contributed by atoms with van der Waals surface area (Å²) in [7, 11) is 0. The summed E-state index contributed by atoms with van der Waals surface area (Å²) in [6.07, 6.45) is 0.716. The van der Waals surface area contributed by atoms with Gasteiger partial charge in [0.1, 0.15) is 12.4 Å². The second-order valence-electron chi connectivity index (χ2n) is 4.85. The summed E-state index contributed by atoms with van der Waals surface area (Å²) in [5, 5.41) is 8.63. The Kier molecular flexibility index (Phi) is 4.85. The van der Waals surface area contributed by atoms with Crippen LogP contribution in [0.2, 0.25) is 10.2 Å². The van der Waals surface area contributed by atoms with Crippen LogP contribution in [-0.4, -0.2) is 26.8 Å². The second-order valence-corrected chi connectivity index (χ2v) is 5.67. The lowest BCUT2D eigenvalue weighted by molar-refractivity contribution is 0.118. The highest BCUT2D eigenvalue weighted by molar-refractivity contribution is 6.30. The minimum atomic E-state index is -0.319. The van der Waals surface area contributed by atoms with Crippen LogP contribution in [0.15, 0.2) is 35.1 Å². The zero-order valence-electron chi connectivity index (χ0n) is 11.9. The third-order valence-electron chi connectivity index (χ3n) is 3.15. The number of halogens is 2. The molecule has 0 spiro atoms. The third kappa shape index (κ3) is 4.04. The first kappa shape index (κ1) is 15.9. The van der Waals surface area contributed by atoms with E-state index in [1.807, 2.05) is 24.3 Å². The minimum Gasteiger partial charge on any atom is -0.373 e. The lowest BCUT2D eigenvalue weighted by Gasteiger charge is -2.05. The van der Waals surface area contributed by atoms with Gasteiger partial charge in [0.2, 0.25) is 0 Å². The molecule has 1 N–H and O–H groups in total. The molecular weight excluding hydrogens is 339 g/mol. The number of benzene rings is 1. The van der Waals surface area contributed by atoms with E-state index in [4.69, 9.17) is 27.9 Å². The highest BCUT2D eigenvalue weighted by Gasteiger charge is 2.07. The average molecular weight is 351 g/mol. The van der Waals surface area contributed by atoms with E-state index in [-0.39, 0.29) is 23.0 Å². The van der Waals surface area contributed by atoms with Gasteiger partial charge in [-0.15, -0.1) is 10.2 Å². The van der Waals surface area contributed by atoms with Crippen molar-refractivity contribution in [3.63, 3.8) is 0 Å². The fourth-order valence-electron chi connectivity index (χ4n) is 2.09. The Hall–Kier alpha value is -2.02. The van der Waals surface area contributed by atoms with Crippen LogP contribution in [0.4, 0.5) is 0 Å². The summed E-state index contributed by atoms with van der Waals surface area (Å²) in [6.45, 7) is 0.657. The number of aromatic amines is 1. The van der Waals surface area contributed by atoms with Gasteiger partial charge in [-0.2, -0.15) is 0 Å². The standard InChI is InChI=1S/C15H12Cl2N4O2/c16-10-3-1-2-9(6-10)4-5-23-8-13-18-14-11(15(22)19-13)7-12(17)20-21-14/h1-3,6-7H,4-5,8H2,(H,18,19,21,22). The van der Waals surface area contributed by atoms with Crippen LogP contribution in [0.5, 0.6) is 0 Å². The van der Waals surface area contributed by atoms with Crippen LogP contribution in [0, 0.1) is 0 Å². The maximum absolute atomic E-state index is 12.0. The highest BCUT2D eigenvalue weighted by Crippen LogP contribution is 2.11. The van der Waals surface area contributed by atoms with Crippen LogP contribution in [0.3, 0.4) is 0 Å². The molecule has 8 heteroatoms. The molecule has 0 amide bonds. The number of aromatic nitrogens is 4. The van der Waals surface area contributed by atoms with Gasteiger partial charge < -0.3 is 9.72 Å². The van der Waals surface area contributed by atoms with E-state index in [1.54, 1.807) is 0 Å². The van der Waals surface area contributed by atoms with Gasteiger partial charge in [0.25, 0.3) is 5.56 Å². The SMILES string of the molecule is O=c1[nH]c(COCCc2cccc(Cl)c2)nc2nnc(Cl)cc12. The monoisotopic (exact) mass is 350 g/mol. The Labute approximate surface area is 141 Å². The van der Waals surface area contributed by atoms with Crippen molar-refractivity contribution in [2.75, 3.05) is 6.61 Å². The third-order valence-corrected chi connectivity index (χ3v) is 3.57. The van der Waals surface area contributed by atoms with Crippen LogP contribution in [-0.2, 0) is 17.8 Å². The van der Waals surface area contributed by atoms with E-state index in [1.165, 1.54) is 6.07 Å². The Bertz CT molecular complexity index is 898. The van der Waals surface area contributed by atoms with Gasteiger partial charge in [-0.1, -0.05) is 35.3 Å². The Balaban J connectivity index is 1.63. The summed E-state index contributed by atoms with van der Waals surface area (Å²) in [5.41, 5.74) is 1.00. The van der Waals surface area contributed by atoms with Gasteiger partial charge in [0, 0.05) is 5.02 Å². The van der Waals surface area contributed by atoms with Crippen molar-refractivity contribution >= 4 is 34.2 Å². The molecule has 0 bridgehead atoms. The summed E-state index contributed by atoms with van der Waals surface area (Å²) < 4.78 is 5.54. The number of H-pyrrole nitrogens is 1. The fraction of sp³-hybridized carbons (Fsp3) is 0.200. The molecule has 0 saturated carbocycles. The average Bonchev–Trinajstić information content (AvgIpc) is 2.52. The topological polar surface area (TPSA) is 80.8 Å². The van der Waals surface area contributed by atoms with Gasteiger partial charge in [-0.3, -0.25) is 4.79 Å². The summed E-state index contributed by atoms with van der Waals surface area (Å²) in [4.78, 5) is 18.8. The van der Waals surface area contributed by atoms with Crippen molar-refractivity contribution in [3.05, 3.63) is 62.2 Å². The maximum atomic E-state index is 12.0. The largest absolute Gasteiger partial charge is 0.373 e. The molecule has 0 unspecified atom stereocenters. The Morgan fingerprint density at radius 1 is 1.17 bits per heavy atom. The van der Waals surface area contributed by atoms with Crippen molar-refractivity contribution in [1.29, 1.82) is 0 Å². The number of nitrogens with zero attached hydrogens (tertiary/aromatic N) is 3. The van der Waals surface area contributed by atoms with Crippen LogP contribution >= 0.6 is 23.2 Å². The lowest BCUT2D eigenvalue weighted by atomic mass is 10.2. The molecule has 0 aliphatic carbocycles. The molecule has 1 aromatic carbocycles. The van der Waals surface area contributed by atoms with Crippen molar-refractivity contribution in [1.82, 2.24) is 20.2 Å². The van der Waals surface area contributed by atoms with E-state index >= 15 is 0 Å². The number of fused-ring (bicyclic) bond motifs is 1. The van der Waals surface area contributed by atoms with Crippen molar-refractivity contribution in [2.24, 2.45) is 0 Å². The molecule has 2 heterocycles. The summed E-state index contributed by atoms with van der Waals surface area (Å²) in [6, 6.07) is 9.01. The molecule has 23 heavy (non-hydrogen) atoms. The predicted molar refractivity (Wildman–Crippen MR) is 87.8 cm³/mol. The van der Waals surface area contributed by atoms with Crippen LogP contribution in [0.1, 0.15) is 11.4 Å². The van der Waals surface area contributed by atoms with E-state index in [9.17, 15) is 4.79 Å². The van der Waals surface area contributed by atoms with Gasteiger partial charge >= 0.3 is 0 Å². The second kappa shape index (κ2) is 7.04. The van der Waals surface area contributed by atoms with Gasteiger partial charge in [-0.25, -0.2) is 4.98 Å². The number of hydrogen-bond acceptors (Lipinski definition) is 5. The van der Waals surface area contributed by atoms with Gasteiger partial charge in [0.15, 0.2) is 10.8 Å². The zero-order valence-corrected chi connectivity index (χ0v) is 13.4. The molecule has 0 atom stereocenters. The predicted octanol–water partition coefficient (Wildman–Crippen LogP) is 2.78. The molecule has 118 valence electrons. The summed E-state index contributed by atoms with van der Waals surface area (Å²) >= 11 is 11.6. The van der Waals surface area contributed by atoms with Crippen LogP contribution < -0.4 is 5.56 Å². The van der Waals surface area contributed by atoms with E-state index < -0.39 is 0 Å². The molecule has 3 rings (SSSR count). The number of rotatable bonds is 5. The smallest absolute Gasteiger partial charge is 0.260 e. The normalized spacial score (nSPS) is 11.0. The van der Waals surface area contributed by atoms with E-state index in [0.29, 0.717) is 29.3 Å². The molecule has 0 fully saturated rings. The van der Waals surface area contributed by atoms with Gasteiger partial charge in [0.05, 0.1) is 12.0 Å². The number of nitrogens with one attached hydrogen (secondary N) is 1. The molecular formula is C15H12Cl2N4O2. The number of ether oxygens (including phenoxy) is 1. The first-order chi connectivity index (χ1) is 11.1. The summed E-state index contributed by atoms with van der Waals surface area (Å²) in [5.74, 6) is 0.394. The molecule has 0 saturated heterocycles. The van der Waals surface area contributed by atoms with Crippen molar-refractivity contribution in [2.45, 2.75) is 13.0 Å². The lowest BCUT2D eigenvalue weighted by Crippen LogP contribution is -2.14. The van der Waals surface area contributed by atoms with Gasteiger partial charge in [-0.05, 0) is 30.2 Å². The molecule has 0 radical (unpaired) electrons. The Morgan fingerprint density at radius 2 is 2.04 bits per heavy atom. The molecule has 6 nitrogen and oxygen atoms in total. The first-order valence-corrected chi connectivity index (χ1v) is 7.62. The Morgan fingerprint density at radius 3 is 2.87 bits per heavy atom. The van der Waals surface area contributed by atoms with Crippen LogP contribution in [0.25, 0.3) is 11.0 Å². The fourth-order valence-corrected chi connectivity index (χ4v) is 2.44. The molecule has 0 aliphatic rings. The first-order valence-electron chi connectivity index (χ1n) is 6.86. The minimum absolute atomic E-state index is 0.148. The molecule has 3 aromatic rings. The van der Waals surface area contributed by atoms with Crippen molar-refractivity contribution in [3.8, 4) is 0 Å². The molecule has 2 aromatic heterocycles. The zero-order chi connectivity index (χ0) is 16.2. The molecule has 0 aliphatic heterocycles. The highest BCUT2D eigenvalue weighted by atomic mass is 35.5. The van der Waals surface area contributed by atoms with E-state index in [2.05, 4.69) is 20.2 Å². The van der Waals surface area contributed by atoms with Crippen molar-refractivity contribution < 1.29 is 4.74 Å².